The number of hydrogen-bond donors (Lipinski definition) is 3. The van der Waals surface area contributed by atoms with Crippen LogP contribution in [0.2, 0.25) is 0 Å². The van der Waals surface area contributed by atoms with Crippen LogP contribution in [0.1, 0.15) is 32.5 Å². The Labute approximate surface area is 179 Å². The molecule has 0 aliphatic rings. The minimum absolute atomic E-state index is 0.267. The van der Waals surface area contributed by atoms with E-state index in [2.05, 4.69) is 16.0 Å². The van der Waals surface area contributed by atoms with Crippen LogP contribution in [-0.2, 0) is 11.2 Å². The van der Waals surface area contributed by atoms with E-state index in [4.69, 9.17) is 0 Å². The minimum atomic E-state index is -0.756. The van der Waals surface area contributed by atoms with Crippen molar-refractivity contribution in [3.8, 4) is 0 Å². The largest absolute Gasteiger partial charge is 0.352 e. The summed E-state index contributed by atoms with van der Waals surface area (Å²) in [5.41, 5.74) is 1.90. The zero-order valence-electron chi connectivity index (χ0n) is 16.6. The molecule has 1 atom stereocenters. The van der Waals surface area contributed by atoms with Gasteiger partial charge in [-0.2, -0.15) is 0 Å². The minimum Gasteiger partial charge on any atom is -0.352 e. The number of amides is 3. The highest BCUT2D eigenvalue weighted by molar-refractivity contribution is 7.12. The topological polar surface area (TPSA) is 87.3 Å². The maximum Gasteiger partial charge on any atom is 0.261 e. The predicted octanol–water partition coefficient (Wildman–Crippen LogP) is 3.48. The summed E-state index contributed by atoms with van der Waals surface area (Å²) in [5, 5.41) is 10.1. The SMILES string of the molecule is CC(NC(=O)c1cccs1)C(=O)Nc1ccccc1C(=O)NCCc1ccccc1. The maximum atomic E-state index is 12.6. The zero-order valence-corrected chi connectivity index (χ0v) is 17.4. The Morgan fingerprint density at radius 2 is 1.63 bits per heavy atom. The Morgan fingerprint density at radius 1 is 0.900 bits per heavy atom. The summed E-state index contributed by atoms with van der Waals surface area (Å²) in [5.74, 6) is -0.971. The van der Waals surface area contributed by atoms with Crippen LogP contribution in [0.5, 0.6) is 0 Å². The third-order valence-corrected chi connectivity index (χ3v) is 5.33. The molecule has 3 amide bonds. The number of rotatable bonds is 8. The van der Waals surface area contributed by atoms with Crippen LogP contribution in [0.4, 0.5) is 5.69 Å². The van der Waals surface area contributed by atoms with Crippen LogP contribution >= 0.6 is 11.3 Å². The van der Waals surface area contributed by atoms with Crippen molar-refractivity contribution >= 4 is 34.7 Å². The van der Waals surface area contributed by atoms with Gasteiger partial charge in [0.1, 0.15) is 6.04 Å². The van der Waals surface area contributed by atoms with Crippen LogP contribution in [0, 0.1) is 0 Å². The van der Waals surface area contributed by atoms with Gasteiger partial charge in [-0.1, -0.05) is 48.5 Å². The van der Waals surface area contributed by atoms with Gasteiger partial charge in [0.25, 0.3) is 11.8 Å². The van der Waals surface area contributed by atoms with Gasteiger partial charge in [-0.3, -0.25) is 14.4 Å². The average molecular weight is 422 g/mol. The molecule has 2 aromatic carbocycles. The van der Waals surface area contributed by atoms with Crippen molar-refractivity contribution in [1.29, 1.82) is 0 Å². The highest BCUT2D eigenvalue weighted by atomic mass is 32.1. The Morgan fingerprint density at radius 3 is 2.37 bits per heavy atom. The van der Waals surface area contributed by atoms with Crippen LogP contribution in [0.25, 0.3) is 0 Å². The lowest BCUT2D eigenvalue weighted by molar-refractivity contribution is -0.117. The first-order valence-corrected chi connectivity index (χ1v) is 10.5. The molecule has 1 heterocycles. The Kier molecular flexibility index (Phi) is 7.34. The standard InChI is InChI=1S/C23H23N3O3S/c1-16(25-23(29)20-12-7-15-30-20)21(27)26-19-11-6-5-10-18(19)22(28)24-14-13-17-8-3-2-4-9-17/h2-12,15-16H,13-14H2,1H3,(H,24,28)(H,25,29)(H,26,27). The third-order valence-electron chi connectivity index (χ3n) is 4.46. The Balaban J connectivity index is 1.57. The molecule has 0 aliphatic carbocycles. The fraction of sp³-hybridized carbons (Fsp3) is 0.174. The van der Waals surface area contributed by atoms with Crippen molar-refractivity contribution in [3.05, 3.63) is 88.1 Å². The Hall–Kier alpha value is -3.45. The second-order valence-corrected chi connectivity index (χ2v) is 7.65. The lowest BCUT2D eigenvalue weighted by Crippen LogP contribution is -2.41. The van der Waals surface area contributed by atoms with Gasteiger partial charge in [0, 0.05) is 6.54 Å². The van der Waals surface area contributed by atoms with Crippen molar-refractivity contribution in [2.24, 2.45) is 0 Å². The molecule has 0 spiro atoms. The molecule has 1 unspecified atom stereocenters. The lowest BCUT2D eigenvalue weighted by Gasteiger charge is -2.16. The van der Waals surface area contributed by atoms with Crippen LogP contribution < -0.4 is 16.0 Å². The first-order valence-electron chi connectivity index (χ1n) is 9.61. The van der Waals surface area contributed by atoms with Gasteiger partial charge in [0.2, 0.25) is 5.91 Å². The fourth-order valence-electron chi connectivity index (χ4n) is 2.83. The normalized spacial score (nSPS) is 11.4. The monoisotopic (exact) mass is 421 g/mol. The molecular formula is C23H23N3O3S. The van der Waals surface area contributed by atoms with Crippen LogP contribution in [0.3, 0.4) is 0 Å². The average Bonchev–Trinajstić information content (AvgIpc) is 3.30. The molecule has 0 aliphatic heterocycles. The van der Waals surface area contributed by atoms with Crippen molar-refractivity contribution < 1.29 is 14.4 Å². The summed E-state index contributed by atoms with van der Waals surface area (Å²) >= 11 is 1.30. The predicted molar refractivity (Wildman–Crippen MR) is 119 cm³/mol. The summed E-state index contributed by atoms with van der Waals surface area (Å²) in [4.78, 5) is 37.8. The van der Waals surface area contributed by atoms with E-state index in [0.29, 0.717) is 29.1 Å². The molecule has 0 fully saturated rings. The molecule has 154 valence electrons. The van der Waals surface area contributed by atoms with Gasteiger partial charge in [-0.05, 0) is 42.5 Å². The fourth-order valence-corrected chi connectivity index (χ4v) is 3.46. The molecule has 1 aromatic heterocycles. The lowest BCUT2D eigenvalue weighted by atomic mass is 10.1. The number of para-hydroxylation sites is 1. The number of thiophene rings is 1. The molecule has 0 saturated heterocycles. The molecule has 0 bridgehead atoms. The number of anilines is 1. The highest BCUT2D eigenvalue weighted by Crippen LogP contribution is 2.16. The summed E-state index contributed by atoms with van der Waals surface area (Å²) in [6.45, 7) is 2.09. The summed E-state index contributed by atoms with van der Waals surface area (Å²) in [6, 6.07) is 19.4. The number of carbonyl (C=O) groups excluding carboxylic acids is 3. The summed E-state index contributed by atoms with van der Waals surface area (Å²) in [6.07, 6.45) is 0.715. The first-order chi connectivity index (χ1) is 14.5. The van der Waals surface area contributed by atoms with Gasteiger partial charge < -0.3 is 16.0 Å². The second kappa shape index (κ2) is 10.4. The molecule has 0 radical (unpaired) electrons. The van der Waals surface area contributed by atoms with E-state index >= 15 is 0 Å². The van der Waals surface area contributed by atoms with Gasteiger partial charge in [0.05, 0.1) is 16.1 Å². The highest BCUT2D eigenvalue weighted by Gasteiger charge is 2.19. The molecule has 0 saturated carbocycles. The summed E-state index contributed by atoms with van der Waals surface area (Å²) in [7, 11) is 0. The molecule has 30 heavy (non-hydrogen) atoms. The van der Waals surface area contributed by atoms with Crippen molar-refractivity contribution in [2.45, 2.75) is 19.4 Å². The molecule has 6 nitrogen and oxygen atoms in total. The smallest absolute Gasteiger partial charge is 0.261 e. The van der Waals surface area contributed by atoms with Crippen molar-refractivity contribution in [2.75, 3.05) is 11.9 Å². The molecule has 7 heteroatoms. The van der Waals surface area contributed by atoms with Crippen LogP contribution in [0.15, 0.2) is 72.1 Å². The first kappa shape index (κ1) is 21.3. The summed E-state index contributed by atoms with van der Waals surface area (Å²) < 4.78 is 0. The molecule has 3 aromatic rings. The maximum absolute atomic E-state index is 12.6. The van der Waals surface area contributed by atoms with E-state index in [-0.39, 0.29) is 11.8 Å². The van der Waals surface area contributed by atoms with E-state index in [0.717, 1.165) is 5.56 Å². The Bertz CT molecular complexity index is 1000. The van der Waals surface area contributed by atoms with Gasteiger partial charge >= 0.3 is 0 Å². The second-order valence-electron chi connectivity index (χ2n) is 6.70. The molecule has 3 N–H and O–H groups in total. The van der Waals surface area contributed by atoms with E-state index in [1.54, 1.807) is 48.7 Å². The number of benzene rings is 2. The zero-order chi connectivity index (χ0) is 21.3. The van der Waals surface area contributed by atoms with E-state index in [1.807, 2.05) is 30.3 Å². The van der Waals surface area contributed by atoms with E-state index in [1.165, 1.54) is 11.3 Å². The van der Waals surface area contributed by atoms with Crippen molar-refractivity contribution in [3.63, 3.8) is 0 Å². The quantitative estimate of drug-likeness (QED) is 0.520. The number of nitrogens with one attached hydrogen (secondary N) is 3. The van der Waals surface area contributed by atoms with Crippen molar-refractivity contribution in [1.82, 2.24) is 10.6 Å². The van der Waals surface area contributed by atoms with Gasteiger partial charge in [0.15, 0.2) is 0 Å². The van der Waals surface area contributed by atoms with E-state index < -0.39 is 11.9 Å². The molecular weight excluding hydrogens is 398 g/mol. The molecule has 3 rings (SSSR count). The van der Waals surface area contributed by atoms with Gasteiger partial charge in [-0.15, -0.1) is 11.3 Å². The van der Waals surface area contributed by atoms with E-state index in [9.17, 15) is 14.4 Å². The number of carbonyl (C=O) groups is 3. The van der Waals surface area contributed by atoms with Crippen LogP contribution in [-0.4, -0.2) is 30.3 Å². The van der Waals surface area contributed by atoms with Gasteiger partial charge in [-0.25, -0.2) is 0 Å². The number of hydrogen-bond acceptors (Lipinski definition) is 4. The third kappa shape index (κ3) is 5.78.